The maximum absolute atomic E-state index is 12.0. The molecule has 0 unspecified atom stereocenters. The van der Waals surface area contributed by atoms with Gasteiger partial charge in [-0.25, -0.2) is 4.98 Å². The summed E-state index contributed by atoms with van der Waals surface area (Å²) in [5, 5.41) is 0. The highest BCUT2D eigenvalue weighted by atomic mass is 32.2. The fraction of sp³-hybridized carbons (Fsp3) is 0. The van der Waals surface area contributed by atoms with E-state index >= 15 is 0 Å². The third-order valence-corrected chi connectivity index (χ3v) is 4.13. The predicted molar refractivity (Wildman–Crippen MR) is 81.7 cm³/mol. The topological polar surface area (TPSA) is 106 Å². The minimum Gasteiger partial charge on any atom is -0.292 e. The highest BCUT2D eigenvalue weighted by molar-refractivity contribution is 7.85. The van der Waals surface area contributed by atoms with Crippen LogP contribution in [0.25, 0.3) is 22.4 Å². The van der Waals surface area contributed by atoms with Gasteiger partial charge in [-0.1, -0.05) is 30.3 Å². The Bertz CT molecular complexity index is 1020. The molecule has 0 aliphatic rings. The van der Waals surface area contributed by atoms with Crippen LogP contribution in [0, 0.1) is 0 Å². The number of carbonyl (C=O) groups is 2. The zero-order valence-electron chi connectivity index (χ0n) is 11.6. The van der Waals surface area contributed by atoms with Gasteiger partial charge in [-0.15, -0.1) is 0 Å². The van der Waals surface area contributed by atoms with Crippen molar-refractivity contribution in [3.05, 3.63) is 48.5 Å². The fourth-order valence-electron chi connectivity index (χ4n) is 2.27. The van der Waals surface area contributed by atoms with Gasteiger partial charge in [-0.05, 0) is 18.2 Å². The first-order valence-electron chi connectivity index (χ1n) is 6.47. The summed E-state index contributed by atoms with van der Waals surface area (Å²) in [7, 11) is -4.44. The summed E-state index contributed by atoms with van der Waals surface area (Å²) in [6, 6.07) is 12.3. The molecule has 0 saturated carbocycles. The van der Waals surface area contributed by atoms with Gasteiger partial charge in [0.15, 0.2) is 0 Å². The summed E-state index contributed by atoms with van der Waals surface area (Å²) >= 11 is 0. The molecule has 0 fully saturated rings. The molecule has 0 aliphatic carbocycles. The molecule has 0 radical (unpaired) electrons. The zero-order chi connectivity index (χ0) is 16.6. The average molecular weight is 330 g/mol. The van der Waals surface area contributed by atoms with E-state index in [2.05, 4.69) is 4.98 Å². The summed E-state index contributed by atoms with van der Waals surface area (Å²) < 4.78 is 32.7. The van der Waals surface area contributed by atoms with Gasteiger partial charge in [0.25, 0.3) is 16.0 Å². The molecule has 8 heteroatoms. The van der Waals surface area contributed by atoms with Crippen LogP contribution in [0.2, 0.25) is 0 Å². The smallest absolute Gasteiger partial charge is 0.292 e. The Kier molecular flexibility index (Phi) is 3.55. The molecule has 116 valence electrons. The molecule has 23 heavy (non-hydrogen) atoms. The lowest BCUT2D eigenvalue weighted by Gasteiger charge is -2.04. The second-order valence-corrected chi connectivity index (χ2v) is 6.14. The van der Waals surface area contributed by atoms with Gasteiger partial charge in [-0.3, -0.25) is 18.7 Å². The summed E-state index contributed by atoms with van der Waals surface area (Å²) in [5.41, 5.74) is 1.04. The van der Waals surface area contributed by atoms with E-state index in [0.29, 0.717) is 11.1 Å². The Balaban J connectivity index is 2.38. The first-order valence-corrected chi connectivity index (χ1v) is 7.91. The Hall–Kier alpha value is -2.84. The number of aromatic nitrogens is 2. The van der Waals surface area contributed by atoms with Crippen LogP contribution in [0.5, 0.6) is 0 Å². The standard InChI is InChI=1S/C15H10N2O5S/c18-9-14(19)17-13-8-11(23(20,21)22)6-7-12(13)16-15(17)10-4-2-1-3-5-10/h1-9H,(H,20,21,22). The largest absolute Gasteiger partial charge is 0.296 e. The molecule has 1 heterocycles. The number of benzene rings is 2. The van der Waals surface area contributed by atoms with Crippen LogP contribution < -0.4 is 0 Å². The number of imidazole rings is 1. The number of rotatable bonds is 3. The van der Waals surface area contributed by atoms with Crippen LogP contribution in [0.1, 0.15) is 4.79 Å². The molecule has 1 N–H and O–H groups in total. The van der Waals surface area contributed by atoms with E-state index in [1.165, 1.54) is 12.1 Å². The van der Waals surface area contributed by atoms with Gasteiger partial charge in [0.1, 0.15) is 5.82 Å². The number of fused-ring (bicyclic) bond motifs is 1. The third kappa shape index (κ3) is 2.65. The summed E-state index contributed by atoms with van der Waals surface area (Å²) in [5.74, 6) is -0.677. The van der Waals surface area contributed by atoms with Crippen LogP contribution >= 0.6 is 0 Å². The molecule has 0 bridgehead atoms. The van der Waals surface area contributed by atoms with Crippen molar-refractivity contribution in [2.45, 2.75) is 4.90 Å². The molecule has 0 saturated heterocycles. The lowest BCUT2D eigenvalue weighted by molar-refractivity contribution is -0.105. The molecule has 0 spiro atoms. The minimum absolute atomic E-state index is 0.119. The molecule has 7 nitrogen and oxygen atoms in total. The van der Waals surface area contributed by atoms with Crippen molar-refractivity contribution in [3.8, 4) is 11.4 Å². The van der Waals surface area contributed by atoms with Crippen LogP contribution in [-0.4, -0.2) is 34.7 Å². The SMILES string of the molecule is O=CC(=O)n1c(-c2ccccc2)nc2ccc(S(=O)(=O)O)cc21. The van der Waals surface area contributed by atoms with E-state index < -0.39 is 16.0 Å². The molecular weight excluding hydrogens is 320 g/mol. The first kappa shape index (κ1) is 15.1. The van der Waals surface area contributed by atoms with Crippen LogP contribution in [0.15, 0.2) is 53.4 Å². The maximum atomic E-state index is 12.0. The lowest BCUT2D eigenvalue weighted by Crippen LogP contribution is -2.13. The minimum atomic E-state index is -4.44. The van der Waals surface area contributed by atoms with Gasteiger partial charge in [0.05, 0.1) is 15.9 Å². The van der Waals surface area contributed by atoms with Crippen molar-refractivity contribution in [2.24, 2.45) is 0 Å². The van der Waals surface area contributed by atoms with Crippen molar-refractivity contribution in [1.29, 1.82) is 0 Å². The molecule has 3 rings (SSSR count). The molecule has 0 atom stereocenters. The Morgan fingerprint density at radius 1 is 1.13 bits per heavy atom. The predicted octanol–water partition coefficient (Wildman–Crippen LogP) is 1.79. The summed E-state index contributed by atoms with van der Waals surface area (Å²) in [6.07, 6.45) is 0.119. The van der Waals surface area contributed by atoms with Gasteiger partial charge >= 0.3 is 0 Å². The number of nitrogens with zero attached hydrogens (tertiary/aromatic N) is 2. The fourth-order valence-corrected chi connectivity index (χ4v) is 2.77. The lowest BCUT2D eigenvalue weighted by atomic mass is 10.2. The number of carbonyl (C=O) groups excluding carboxylic acids is 2. The third-order valence-electron chi connectivity index (χ3n) is 3.28. The molecule has 2 aromatic carbocycles. The van der Waals surface area contributed by atoms with Crippen LogP contribution in [-0.2, 0) is 14.9 Å². The Labute approximate surface area is 130 Å². The highest BCUT2D eigenvalue weighted by Gasteiger charge is 2.20. The van der Waals surface area contributed by atoms with E-state index in [-0.39, 0.29) is 22.5 Å². The van der Waals surface area contributed by atoms with Crippen molar-refractivity contribution >= 4 is 33.3 Å². The number of aldehydes is 1. The van der Waals surface area contributed by atoms with Gasteiger partial charge in [0.2, 0.25) is 6.29 Å². The van der Waals surface area contributed by atoms with E-state index in [9.17, 15) is 18.0 Å². The van der Waals surface area contributed by atoms with E-state index in [1.807, 2.05) is 0 Å². The molecule has 0 amide bonds. The monoisotopic (exact) mass is 330 g/mol. The molecule has 1 aromatic heterocycles. The highest BCUT2D eigenvalue weighted by Crippen LogP contribution is 2.26. The van der Waals surface area contributed by atoms with Gasteiger partial charge in [-0.2, -0.15) is 8.42 Å². The second-order valence-electron chi connectivity index (χ2n) is 4.72. The Morgan fingerprint density at radius 3 is 2.43 bits per heavy atom. The molecular formula is C15H10N2O5S. The zero-order valence-corrected chi connectivity index (χ0v) is 12.4. The second kappa shape index (κ2) is 5.41. The van der Waals surface area contributed by atoms with Crippen LogP contribution in [0.4, 0.5) is 0 Å². The average Bonchev–Trinajstić information content (AvgIpc) is 2.92. The Morgan fingerprint density at radius 2 is 1.83 bits per heavy atom. The first-order chi connectivity index (χ1) is 10.9. The van der Waals surface area contributed by atoms with Gasteiger partial charge in [0, 0.05) is 5.56 Å². The van der Waals surface area contributed by atoms with Gasteiger partial charge < -0.3 is 0 Å². The van der Waals surface area contributed by atoms with Crippen molar-refractivity contribution < 1.29 is 22.6 Å². The quantitative estimate of drug-likeness (QED) is 0.446. The molecule has 0 aliphatic heterocycles. The van der Waals surface area contributed by atoms with E-state index in [4.69, 9.17) is 4.55 Å². The summed E-state index contributed by atoms with van der Waals surface area (Å²) in [6.45, 7) is 0. The van der Waals surface area contributed by atoms with Crippen molar-refractivity contribution in [3.63, 3.8) is 0 Å². The van der Waals surface area contributed by atoms with E-state index in [1.54, 1.807) is 30.3 Å². The maximum Gasteiger partial charge on any atom is 0.296 e. The summed E-state index contributed by atoms with van der Waals surface area (Å²) in [4.78, 5) is 26.8. The van der Waals surface area contributed by atoms with Crippen molar-refractivity contribution in [2.75, 3.05) is 0 Å². The van der Waals surface area contributed by atoms with E-state index in [0.717, 1.165) is 10.6 Å². The van der Waals surface area contributed by atoms with Crippen LogP contribution in [0.3, 0.4) is 0 Å². The number of hydrogen-bond acceptors (Lipinski definition) is 5. The normalized spacial score (nSPS) is 11.5. The molecule has 3 aromatic rings. The number of hydrogen-bond donors (Lipinski definition) is 1. The van der Waals surface area contributed by atoms with Crippen molar-refractivity contribution in [1.82, 2.24) is 9.55 Å².